The predicted octanol–water partition coefficient (Wildman–Crippen LogP) is 2.83. The fraction of sp³-hybridized carbons (Fsp3) is 0.250. The molecule has 0 aliphatic heterocycles. The van der Waals surface area contributed by atoms with E-state index >= 15 is 0 Å². The first-order valence-electron chi connectivity index (χ1n) is 9.25. The van der Waals surface area contributed by atoms with E-state index in [0.29, 0.717) is 12.5 Å². The molecule has 1 amide bonds. The molecule has 0 radical (unpaired) electrons. The zero-order valence-corrected chi connectivity index (χ0v) is 16.5. The summed E-state index contributed by atoms with van der Waals surface area (Å²) in [5, 5.41) is 24.3. The Morgan fingerprint density at radius 1 is 0.968 bits per heavy atom. The van der Waals surface area contributed by atoms with Crippen LogP contribution >= 0.6 is 0 Å². The van der Waals surface area contributed by atoms with Crippen LogP contribution in [-0.2, 0) is 9.53 Å². The van der Waals surface area contributed by atoms with Gasteiger partial charge in [-0.3, -0.25) is 29.8 Å². The number of hydrogen-bond acceptors (Lipinski definition) is 8. The molecule has 0 saturated carbocycles. The number of non-ortho nitro benzene ring substituents is 2. The summed E-state index contributed by atoms with van der Waals surface area (Å²) >= 11 is 0. The Labute approximate surface area is 176 Å². The minimum absolute atomic E-state index is 0.0338. The quantitative estimate of drug-likeness (QED) is 0.151. The Balaban J connectivity index is 2.36. The maximum atomic E-state index is 12.8. The highest BCUT2D eigenvalue weighted by Gasteiger charge is 2.32. The molecular weight excluding hydrogens is 410 g/mol. The third-order valence-electron chi connectivity index (χ3n) is 4.16. The topological polar surface area (TPSA) is 159 Å². The molecule has 0 heterocycles. The summed E-state index contributed by atoms with van der Waals surface area (Å²) in [5.41, 5.74) is -1.69. The van der Waals surface area contributed by atoms with Crippen molar-refractivity contribution in [1.29, 1.82) is 0 Å². The van der Waals surface area contributed by atoms with Crippen LogP contribution in [0.15, 0.2) is 48.5 Å². The lowest BCUT2D eigenvalue weighted by atomic mass is 10.0. The second-order valence-corrected chi connectivity index (χ2v) is 6.41. The monoisotopic (exact) mass is 429 g/mol. The van der Waals surface area contributed by atoms with Gasteiger partial charge in [-0.1, -0.05) is 43.7 Å². The highest BCUT2D eigenvalue weighted by Crippen LogP contribution is 2.23. The number of carbonyl (C=O) groups is 3. The Kier molecular flexibility index (Phi) is 7.89. The number of benzene rings is 2. The van der Waals surface area contributed by atoms with E-state index in [9.17, 15) is 34.6 Å². The van der Waals surface area contributed by atoms with Gasteiger partial charge in [-0.05, 0) is 6.42 Å². The van der Waals surface area contributed by atoms with Crippen LogP contribution < -0.4 is 5.32 Å². The van der Waals surface area contributed by atoms with Gasteiger partial charge in [0.1, 0.15) is 0 Å². The average Bonchev–Trinajstić information content (AvgIpc) is 2.77. The standard InChI is InChI=1S/C20H19N3O8/c1-2-3-9-31-20(26)17(18(24)13-7-5-4-6-8-13)21-19(25)14-10-15(22(27)28)12-16(11-14)23(29)30/h4-8,10-12,17H,2-3,9H2,1H3,(H,21,25). The number of ether oxygens (including phenoxy) is 1. The van der Waals surface area contributed by atoms with Gasteiger partial charge in [-0.2, -0.15) is 0 Å². The smallest absolute Gasteiger partial charge is 0.336 e. The van der Waals surface area contributed by atoms with Gasteiger partial charge in [-0.25, -0.2) is 4.79 Å². The molecule has 1 atom stereocenters. The number of nitrogens with one attached hydrogen (secondary N) is 1. The Morgan fingerprint density at radius 2 is 1.55 bits per heavy atom. The van der Waals surface area contributed by atoms with Crippen molar-refractivity contribution in [3.63, 3.8) is 0 Å². The molecule has 0 aliphatic rings. The SMILES string of the molecule is CCCCOC(=O)C(NC(=O)c1cc([N+](=O)[O-])cc([N+](=O)[O-])c1)C(=O)c1ccccc1. The van der Waals surface area contributed by atoms with E-state index in [1.807, 2.05) is 6.92 Å². The molecule has 11 heteroatoms. The Hall–Kier alpha value is -4.15. The highest BCUT2D eigenvalue weighted by atomic mass is 16.6. The fourth-order valence-corrected chi connectivity index (χ4v) is 2.55. The number of hydrogen-bond donors (Lipinski definition) is 1. The van der Waals surface area contributed by atoms with Crippen molar-refractivity contribution in [2.24, 2.45) is 0 Å². The maximum absolute atomic E-state index is 12.8. The number of unbranched alkanes of at least 4 members (excludes halogenated alkanes) is 1. The van der Waals surface area contributed by atoms with E-state index in [1.165, 1.54) is 12.1 Å². The van der Waals surface area contributed by atoms with Gasteiger partial charge < -0.3 is 10.1 Å². The molecule has 0 fully saturated rings. The number of amides is 1. The number of esters is 1. The van der Waals surface area contributed by atoms with Crippen LogP contribution in [0.2, 0.25) is 0 Å². The van der Waals surface area contributed by atoms with Gasteiger partial charge in [0.2, 0.25) is 0 Å². The molecule has 1 unspecified atom stereocenters. The summed E-state index contributed by atoms with van der Waals surface area (Å²) in [6, 6.07) is 8.28. The number of ketones is 1. The van der Waals surface area contributed by atoms with Crippen molar-refractivity contribution >= 4 is 29.0 Å². The molecule has 0 aromatic heterocycles. The first kappa shape index (κ1) is 23.1. The summed E-state index contributed by atoms with van der Waals surface area (Å²) in [5.74, 6) is -2.83. The van der Waals surface area contributed by atoms with Crippen LogP contribution in [0, 0.1) is 20.2 Å². The molecule has 162 valence electrons. The molecule has 1 N–H and O–H groups in total. The summed E-state index contributed by atoms with van der Waals surface area (Å²) in [6.45, 7) is 1.91. The van der Waals surface area contributed by atoms with Crippen LogP contribution in [0.5, 0.6) is 0 Å². The average molecular weight is 429 g/mol. The molecule has 0 saturated heterocycles. The van der Waals surface area contributed by atoms with Crippen LogP contribution in [0.4, 0.5) is 11.4 Å². The number of rotatable bonds is 10. The van der Waals surface area contributed by atoms with E-state index in [2.05, 4.69) is 5.32 Å². The Bertz CT molecular complexity index is 974. The second kappa shape index (κ2) is 10.6. The Morgan fingerprint density at radius 3 is 2.06 bits per heavy atom. The van der Waals surface area contributed by atoms with Crippen LogP contribution in [-0.4, -0.2) is 40.2 Å². The van der Waals surface area contributed by atoms with Gasteiger partial charge >= 0.3 is 5.97 Å². The van der Waals surface area contributed by atoms with E-state index < -0.39 is 50.5 Å². The lowest BCUT2D eigenvalue weighted by Gasteiger charge is -2.17. The van der Waals surface area contributed by atoms with E-state index in [1.54, 1.807) is 18.2 Å². The zero-order chi connectivity index (χ0) is 23.0. The molecule has 0 spiro atoms. The minimum atomic E-state index is -1.73. The van der Waals surface area contributed by atoms with E-state index in [-0.39, 0.29) is 12.2 Å². The molecule has 2 aromatic carbocycles. The molecule has 11 nitrogen and oxygen atoms in total. The van der Waals surface area contributed by atoms with Gasteiger partial charge in [0.05, 0.1) is 28.1 Å². The molecular formula is C20H19N3O8. The van der Waals surface area contributed by atoms with Gasteiger partial charge in [-0.15, -0.1) is 0 Å². The van der Waals surface area contributed by atoms with Crippen molar-refractivity contribution in [3.05, 3.63) is 79.9 Å². The van der Waals surface area contributed by atoms with Crippen LogP contribution in [0.1, 0.15) is 40.5 Å². The first-order chi connectivity index (χ1) is 14.7. The van der Waals surface area contributed by atoms with Crippen molar-refractivity contribution in [2.75, 3.05) is 6.61 Å². The van der Waals surface area contributed by atoms with E-state index in [4.69, 9.17) is 4.74 Å². The van der Waals surface area contributed by atoms with Crippen molar-refractivity contribution in [2.45, 2.75) is 25.8 Å². The lowest BCUT2D eigenvalue weighted by molar-refractivity contribution is -0.394. The normalized spacial score (nSPS) is 11.3. The number of nitro benzene ring substituents is 2. The largest absolute Gasteiger partial charge is 0.464 e. The van der Waals surface area contributed by atoms with Gasteiger partial charge in [0.15, 0.2) is 11.8 Å². The maximum Gasteiger partial charge on any atom is 0.336 e. The molecule has 0 aliphatic carbocycles. The van der Waals surface area contributed by atoms with Crippen LogP contribution in [0.25, 0.3) is 0 Å². The number of Topliss-reactive ketones (excluding diaryl/α,β-unsaturated/α-hetero) is 1. The van der Waals surface area contributed by atoms with Gasteiger partial charge in [0.25, 0.3) is 17.3 Å². The zero-order valence-electron chi connectivity index (χ0n) is 16.5. The summed E-state index contributed by atoms with van der Waals surface area (Å²) < 4.78 is 5.06. The highest BCUT2D eigenvalue weighted by molar-refractivity contribution is 6.15. The number of nitro groups is 2. The van der Waals surface area contributed by atoms with Crippen LogP contribution in [0.3, 0.4) is 0 Å². The van der Waals surface area contributed by atoms with Crippen molar-refractivity contribution in [1.82, 2.24) is 5.32 Å². The van der Waals surface area contributed by atoms with Gasteiger partial charge in [0, 0.05) is 17.7 Å². The third-order valence-corrected chi connectivity index (χ3v) is 4.16. The molecule has 2 aromatic rings. The lowest BCUT2D eigenvalue weighted by Crippen LogP contribution is -2.47. The minimum Gasteiger partial charge on any atom is -0.464 e. The van der Waals surface area contributed by atoms with Crippen molar-refractivity contribution in [3.8, 4) is 0 Å². The fourth-order valence-electron chi connectivity index (χ4n) is 2.55. The van der Waals surface area contributed by atoms with Crippen molar-refractivity contribution < 1.29 is 29.0 Å². The molecule has 31 heavy (non-hydrogen) atoms. The molecule has 2 rings (SSSR count). The number of carbonyl (C=O) groups excluding carboxylic acids is 3. The molecule has 0 bridgehead atoms. The first-order valence-corrected chi connectivity index (χ1v) is 9.25. The summed E-state index contributed by atoms with van der Waals surface area (Å²) in [7, 11) is 0. The predicted molar refractivity (Wildman–Crippen MR) is 108 cm³/mol. The summed E-state index contributed by atoms with van der Waals surface area (Å²) in [6.07, 6.45) is 1.28. The number of nitrogens with zero attached hydrogens (tertiary/aromatic N) is 2. The van der Waals surface area contributed by atoms with E-state index in [0.717, 1.165) is 18.6 Å². The second-order valence-electron chi connectivity index (χ2n) is 6.41. The summed E-state index contributed by atoms with van der Waals surface area (Å²) in [4.78, 5) is 58.2. The third kappa shape index (κ3) is 6.16.